The summed E-state index contributed by atoms with van der Waals surface area (Å²) in [6.07, 6.45) is 3.82. The summed E-state index contributed by atoms with van der Waals surface area (Å²) in [6.45, 7) is 0.708. The van der Waals surface area contributed by atoms with E-state index in [1.54, 1.807) is 18.2 Å². The molecule has 0 aliphatic rings. The number of amides is 1. The first-order valence-electron chi connectivity index (χ1n) is 7.25. The number of carbonyl (C=O) groups excluding carboxylic acids is 1. The smallest absolute Gasteiger partial charge is 0.407 e. The highest BCUT2D eigenvalue weighted by Crippen LogP contribution is 2.22. The van der Waals surface area contributed by atoms with Crippen LogP contribution in [0.25, 0.3) is 6.08 Å². The number of nitrogens with one attached hydrogen (secondary N) is 1. The van der Waals surface area contributed by atoms with Gasteiger partial charge in [-0.05, 0) is 30.2 Å². The van der Waals surface area contributed by atoms with Crippen LogP contribution in [0.2, 0.25) is 5.02 Å². The number of phenols is 1. The van der Waals surface area contributed by atoms with Crippen molar-refractivity contribution in [2.45, 2.75) is 13.0 Å². The quantitative estimate of drug-likeness (QED) is 0.772. The van der Waals surface area contributed by atoms with Crippen molar-refractivity contribution in [2.24, 2.45) is 0 Å². The molecule has 0 unspecified atom stereocenters. The van der Waals surface area contributed by atoms with Crippen LogP contribution < -0.4 is 5.32 Å². The number of hydrogen-bond donors (Lipinski definition) is 2. The lowest BCUT2D eigenvalue weighted by molar-refractivity contribution is 0.140. The zero-order valence-corrected chi connectivity index (χ0v) is 13.3. The van der Waals surface area contributed by atoms with Gasteiger partial charge in [-0.15, -0.1) is 0 Å². The molecule has 23 heavy (non-hydrogen) atoms. The molecule has 2 rings (SSSR count). The van der Waals surface area contributed by atoms with Crippen molar-refractivity contribution < 1.29 is 14.6 Å². The lowest BCUT2D eigenvalue weighted by Crippen LogP contribution is -2.24. The molecule has 0 atom stereocenters. The summed E-state index contributed by atoms with van der Waals surface area (Å²) >= 11 is 5.76. The fraction of sp³-hybridized carbons (Fsp3) is 0.167. The Bertz CT molecular complexity index is 671. The van der Waals surface area contributed by atoms with Crippen molar-refractivity contribution in [2.75, 3.05) is 6.54 Å². The molecule has 0 heterocycles. The predicted molar refractivity (Wildman–Crippen MR) is 91.4 cm³/mol. The summed E-state index contributed by atoms with van der Waals surface area (Å²) in [4.78, 5) is 11.5. The third-order valence-corrected chi connectivity index (χ3v) is 3.32. The van der Waals surface area contributed by atoms with Gasteiger partial charge in [-0.2, -0.15) is 0 Å². The van der Waals surface area contributed by atoms with Crippen molar-refractivity contribution in [1.29, 1.82) is 0 Å². The third kappa shape index (κ3) is 6.04. The molecule has 0 spiro atoms. The van der Waals surface area contributed by atoms with Gasteiger partial charge in [0.25, 0.3) is 0 Å². The highest BCUT2D eigenvalue weighted by Gasteiger charge is 2.01. The fourth-order valence-corrected chi connectivity index (χ4v) is 2.07. The highest BCUT2D eigenvalue weighted by atomic mass is 35.5. The minimum absolute atomic E-state index is 0.129. The fourth-order valence-electron chi connectivity index (χ4n) is 1.90. The van der Waals surface area contributed by atoms with Gasteiger partial charge in [-0.1, -0.05) is 54.1 Å². The van der Waals surface area contributed by atoms with Gasteiger partial charge in [-0.3, -0.25) is 0 Å². The summed E-state index contributed by atoms with van der Waals surface area (Å²) < 4.78 is 5.10. The van der Waals surface area contributed by atoms with Crippen molar-refractivity contribution in [3.63, 3.8) is 0 Å². The first-order chi connectivity index (χ1) is 11.1. The van der Waals surface area contributed by atoms with Crippen molar-refractivity contribution >= 4 is 23.8 Å². The molecule has 0 saturated carbocycles. The topological polar surface area (TPSA) is 58.6 Å². The molecule has 2 aromatic rings. The van der Waals surface area contributed by atoms with Crippen LogP contribution in [0, 0.1) is 0 Å². The van der Waals surface area contributed by atoms with E-state index in [2.05, 4.69) is 5.32 Å². The summed E-state index contributed by atoms with van der Waals surface area (Å²) in [6, 6.07) is 14.4. The van der Waals surface area contributed by atoms with Crippen LogP contribution in [-0.2, 0) is 11.3 Å². The minimum Gasteiger partial charge on any atom is -0.507 e. The number of aromatic hydroxyl groups is 1. The first-order valence-corrected chi connectivity index (χ1v) is 7.62. The van der Waals surface area contributed by atoms with Gasteiger partial charge in [0.15, 0.2) is 0 Å². The molecule has 0 bridgehead atoms. The Balaban J connectivity index is 1.66. The molecule has 1 amide bonds. The Labute approximate surface area is 140 Å². The SMILES string of the molecule is O=C(NCCC=Cc1ccc(Cl)cc1O)OCc1ccccc1. The number of benzene rings is 2. The number of alkyl carbamates (subject to hydrolysis) is 1. The van der Waals surface area contributed by atoms with Crippen molar-refractivity contribution in [3.05, 3.63) is 70.8 Å². The minimum atomic E-state index is -0.448. The Kier molecular flexibility index (Phi) is 6.51. The van der Waals surface area contributed by atoms with E-state index in [0.717, 1.165) is 5.56 Å². The number of hydrogen-bond acceptors (Lipinski definition) is 3. The van der Waals surface area contributed by atoms with Gasteiger partial charge in [0, 0.05) is 17.1 Å². The molecule has 0 aliphatic heterocycles. The van der Waals surface area contributed by atoms with Gasteiger partial charge >= 0.3 is 6.09 Å². The monoisotopic (exact) mass is 331 g/mol. The van der Waals surface area contributed by atoms with Gasteiger partial charge in [-0.25, -0.2) is 4.79 Å². The van der Waals surface area contributed by atoms with Gasteiger partial charge in [0.2, 0.25) is 0 Å². The van der Waals surface area contributed by atoms with Crippen LogP contribution in [-0.4, -0.2) is 17.7 Å². The summed E-state index contributed by atoms with van der Waals surface area (Å²) in [5.41, 5.74) is 1.63. The molecular weight excluding hydrogens is 314 g/mol. The molecule has 2 aromatic carbocycles. The molecule has 0 aliphatic carbocycles. The standard InChI is InChI=1S/C18H18ClNO3/c19-16-10-9-15(17(21)12-16)8-4-5-11-20-18(22)23-13-14-6-2-1-3-7-14/h1-4,6-10,12,21H,5,11,13H2,(H,20,22). The van der Waals surface area contributed by atoms with Crippen LogP contribution in [0.15, 0.2) is 54.6 Å². The van der Waals surface area contributed by atoms with E-state index in [1.807, 2.05) is 36.4 Å². The van der Waals surface area contributed by atoms with Crippen molar-refractivity contribution in [1.82, 2.24) is 5.32 Å². The average Bonchev–Trinajstić information content (AvgIpc) is 2.55. The number of phenolic OH excluding ortho intramolecular Hbond substituents is 1. The Hall–Kier alpha value is -2.46. The first kappa shape index (κ1) is 16.9. The predicted octanol–water partition coefficient (Wildman–Crippen LogP) is 4.38. The normalized spacial score (nSPS) is 10.7. The van der Waals surface area contributed by atoms with E-state index >= 15 is 0 Å². The number of halogens is 1. The summed E-state index contributed by atoms with van der Waals surface area (Å²) in [5, 5.41) is 12.8. The molecule has 5 heteroatoms. The second-order valence-corrected chi connectivity index (χ2v) is 5.32. The van der Waals surface area contributed by atoms with Gasteiger partial charge in [0.05, 0.1) is 0 Å². The molecule has 0 saturated heterocycles. The van der Waals surface area contributed by atoms with E-state index in [9.17, 15) is 9.90 Å². The van der Waals surface area contributed by atoms with E-state index in [1.165, 1.54) is 6.07 Å². The molecule has 0 fully saturated rings. The Morgan fingerprint density at radius 1 is 1.22 bits per heavy atom. The maximum absolute atomic E-state index is 11.5. The lowest BCUT2D eigenvalue weighted by Gasteiger charge is -2.06. The molecule has 0 aromatic heterocycles. The molecule has 4 nitrogen and oxygen atoms in total. The molecule has 0 radical (unpaired) electrons. The second-order valence-electron chi connectivity index (χ2n) is 4.88. The third-order valence-electron chi connectivity index (χ3n) is 3.08. The maximum Gasteiger partial charge on any atom is 0.407 e. The summed E-state index contributed by atoms with van der Waals surface area (Å²) in [5.74, 6) is 0.129. The van der Waals surface area contributed by atoms with Crippen LogP contribution in [0.5, 0.6) is 5.75 Å². The van der Waals surface area contributed by atoms with Crippen LogP contribution >= 0.6 is 11.6 Å². The molecule has 2 N–H and O–H groups in total. The maximum atomic E-state index is 11.5. The van der Waals surface area contributed by atoms with E-state index in [0.29, 0.717) is 23.6 Å². The zero-order chi connectivity index (χ0) is 16.5. The van der Waals surface area contributed by atoms with Gasteiger partial charge < -0.3 is 15.2 Å². The van der Waals surface area contributed by atoms with Crippen LogP contribution in [0.1, 0.15) is 17.5 Å². The van der Waals surface area contributed by atoms with Gasteiger partial charge in [0.1, 0.15) is 12.4 Å². The summed E-state index contributed by atoms with van der Waals surface area (Å²) in [7, 11) is 0. The molecular formula is C18H18ClNO3. The Morgan fingerprint density at radius 3 is 2.74 bits per heavy atom. The zero-order valence-electron chi connectivity index (χ0n) is 12.5. The van der Waals surface area contributed by atoms with E-state index in [-0.39, 0.29) is 12.4 Å². The average molecular weight is 332 g/mol. The number of ether oxygens (including phenoxy) is 1. The second kappa shape index (κ2) is 8.86. The Morgan fingerprint density at radius 2 is 2.00 bits per heavy atom. The van der Waals surface area contributed by atoms with Crippen molar-refractivity contribution in [3.8, 4) is 5.75 Å². The number of rotatable bonds is 6. The molecule has 120 valence electrons. The van der Waals surface area contributed by atoms with Crippen LogP contribution in [0.4, 0.5) is 4.79 Å². The lowest BCUT2D eigenvalue weighted by atomic mass is 10.2. The van der Waals surface area contributed by atoms with E-state index < -0.39 is 6.09 Å². The number of carbonyl (C=O) groups is 1. The largest absolute Gasteiger partial charge is 0.507 e. The van der Waals surface area contributed by atoms with E-state index in [4.69, 9.17) is 16.3 Å². The highest BCUT2D eigenvalue weighted by molar-refractivity contribution is 6.30. The van der Waals surface area contributed by atoms with Crippen LogP contribution in [0.3, 0.4) is 0 Å².